The van der Waals surface area contributed by atoms with Crippen LogP contribution in [0.15, 0.2) is 17.6 Å². The first kappa shape index (κ1) is 18.1. The first-order valence-corrected chi connectivity index (χ1v) is 9.61. The number of amides is 1. The second-order valence-electron chi connectivity index (χ2n) is 6.25. The fraction of sp³-hybridized carbons (Fsp3) is 0.556. The molecule has 0 bridgehead atoms. The Balaban J connectivity index is 1.44. The van der Waals surface area contributed by atoms with Crippen molar-refractivity contribution in [3.8, 4) is 5.13 Å². The van der Waals surface area contributed by atoms with Gasteiger partial charge in [0.15, 0.2) is 5.13 Å². The Morgan fingerprint density at radius 3 is 3.12 bits per heavy atom. The van der Waals surface area contributed by atoms with Crippen molar-refractivity contribution in [1.82, 2.24) is 14.9 Å². The van der Waals surface area contributed by atoms with E-state index in [1.807, 2.05) is 29.9 Å². The molecule has 6 nitrogen and oxygen atoms in total. The summed E-state index contributed by atoms with van der Waals surface area (Å²) in [5, 5.41) is 5.79. The number of nitrogens with zero attached hydrogens (tertiary/aromatic N) is 2. The van der Waals surface area contributed by atoms with Crippen LogP contribution in [0.3, 0.4) is 0 Å². The summed E-state index contributed by atoms with van der Waals surface area (Å²) in [6.45, 7) is 6.69. The van der Waals surface area contributed by atoms with Crippen LogP contribution in [-0.2, 0) is 9.47 Å². The molecule has 25 heavy (non-hydrogen) atoms. The van der Waals surface area contributed by atoms with E-state index >= 15 is 0 Å². The van der Waals surface area contributed by atoms with Crippen molar-refractivity contribution in [3.05, 3.63) is 34.6 Å². The monoisotopic (exact) mass is 363 g/mol. The lowest BCUT2D eigenvalue weighted by atomic mass is 10.2. The molecule has 1 aliphatic heterocycles. The number of hydrogen-bond donors (Lipinski definition) is 1. The van der Waals surface area contributed by atoms with Crippen LogP contribution in [0, 0.1) is 13.8 Å². The number of hydrogen-bond acceptors (Lipinski definition) is 5. The predicted molar refractivity (Wildman–Crippen MR) is 97.7 cm³/mol. The molecule has 0 spiro atoms. The molecule has 2 aromatic heterocycles. The standard InChI is InChI=1S/C18H25N3O3S/c1-13-11-16(14(2)21(13)18-20-7-10-25-18)17(22)19-6-4-8-23-12-15-5-3-9-24-15/h7,10-11,15H,3-6,8-9,12H2,1-2H3,(H,19,22). The van der Waals surface area contributed by atoms with Gasteiger partial charge in [0.1, 0.15) is 0 Å². The Morgan fingerprint density at radius 1 is 1.52 bits per heavy atom. The minimum Gasteiger partial charge on any atom is -0.379 e. The Hall–Kier alpha value is -1.70. The van der Waals surface area contributed by atoms with Gasteiger partial charge < -0.3 is 14.8 Å². The lowest BCUT2D eigenvalue weighted by Gasteiger charge is -2.10. The van der Waals surface area contributed by atoms with Crippen LogP contribution < -0.4 is 5.32 Å². The maximum Gasteiger partial charge on any atom is 0.253 e. The highest BCUT2D eigenvalue weighted by Crippen LogP contribution is 2.22. The fourth-order valence-corrected chi connectivity index (χ4v) is 3.83. The quantitative estimate of drug-likeness (QED) is 0.733. The molecule has 0 saturated carbocycles. The third-order valence-corrected chi connectivity index (χ3v) is 5.12. The number of nitrogens with one attached hydrogen (secondary N) is 1. The van der Waals surface area contributed by atoms with Crippen molar-refractivity contribution < 1.29 is 14.3 Å². The van der Waals surface area contributed by atoms with Crippen LogP contribution in [0.5, 0.6) is 0 Å². The molecular weight excluding hydrogens is 338 g/mol. The summed E-state index contributed by atoms with van der Waals surface area (Å²) in [6, 6.07) is 1.92. The van der Waals surface area contributed by atoms with E-state index in [-0.39, 0.29) is 12.0 Å². The molecule has 1 saturated heterocycles. The zero-order chi connectivity index (χ0) is 17.6. The van der Waals surface area contributed by atoms with Crippen molar-refractivity contribution >= 4 is 17.2 Å². The van der Waals surface area contributed by atoms with E-state index in [1.165, 1.54) is 0 Å². The first-order chi connectivity index (χ1) is 12.2. The van der Waals surface area contributed by atoms with Gasteiger partial charge in [-0.1, -0.05) is 0 Å². The van der Waals surface area contributed by atoms with Gasteiger partial charge in [-0.15, -0.1) is 11.3 Å². The molecule has 0 aromatic carbocycles. The van der Waals surface area contributed by atoms with Gasteiger partial charge in [-0.3, -0.25) is 9.36 Å². The molecule has 1 unspecified atom stereocenters. The van der Waals surface area contributed by atoms with E-state index in [1.54, 1.807) is 17.5 Å². The summed E-state index contributed by atoms with van der Waals surface area (Å²) >= 11 is 1.56. The van der Waals surface area contributed by atoms with Crippen LogP contribution in [0.4, 0.5) is 0 Å². The molecule has 1 atom stereocenters. The average molecular weight is 363 g/mol. The zero-order valence-electron chi connectivity index (χ0n) is 14.8. The predicted octanol–water partition coefficient (Wildman–Crippen LogP) is 2.87. The third kappa shape index (κ3) is 4.48. The van der Waals surface area contributed by atoms with Crippen LogP contribution in [0.1, 0.15) is 41.0 Å². The summed E-state index contributed by atoms with van der Waals surface area (Å²) in [5.41, 5.74) is 2.63. The Morgan fingerprint density at radius 2 is 2.40 bits per heavy atom. The number of carbonyl (C=O) groups is 1. The summed E-state index contributed by atoms with van der Waals surface area (Å²) in [7, 11) is 0. The van der Waals surface area contributed by atoms with Crippen LogP contribution in [0.2, 0.25) is 0 Å². The summed E-state index contributed by atoms with van der Waals surface area (Å²) < 4.78 is 13.1. The van der Waals surface area contributed by atoms with E-state index in [0.29, 0.717) is 25.3 Å². The number of carbonyl (C=O) groups excluding carboxylic acids is 1. The van der Waals surface area contributed by atoms with Crippen molar-refractivity contribution in [2.75, 3.05) is 26.4 Å². The lowest BCUT2D eigenvalue weighted by Crippen LogP contribution is -2.26. The average Bonchev–Trinajstić information content (AvgIpc) is 3.32. The Labute approximate surface area is 152 Å². The number of rotatable bonds is 8. The van der Waals surface area contributed by atoms with E-state index in [2.05, 4.69) is 10.3 Å². The zero-order valence-corrected chi connectivity index (χ0v) is 15.6. The Bertz CT molecular complexity index is 691. The highest BCUT2D eigenvalue weighted by molar-refractivity contribution is 7.12. The van der Waals surface area contributed by atoms with Gasteiger partial charge >= 0.3 is 0 Å². The van der Waals surface area contributed by atoms with Crippen LogP contribution >= 0.6 is 11.3 Å². The molecular formula is C18H25N3O3S. The molecule has 0 radical (unpaired) electrons. The second kappa shape index (κ2) is 8.60. The van der Waals surface area contributed by atoms with E-state index < -0.39 is 0 Å². The van der Waals surface area contributed by atoms with Gasteiger partial charge in [-0.05, 0) is 39.2 Å². The molecule has 1 N–H and O–H groups in total. The highest BCUT2D eigenvalue weighted by atomic mass is 32.1. The molecule has 1 fully saturated rings. The van der Waals surface area contributed by atoms with Crippen LogP contribution in [-0.4, -0.2) is 47.9 Å². The van der Waals surface area contributed by atoms with Crippen molar-refractivity contribution in [2.45, 2.75) is 39.2 Å². The maximum absolute atomic E-state index is 12.4. The normalized spacial score (nSPS) is 17.1. The smallest absolute Gasteiger partial charge is 0.253 e. The van der Waals surface area contributed by atoms with Gasteiger partial charge in [0.05, 0.1) is 18.3 Å². The molecule has 0 aliphatic carbocycles. The highest BCUT2D eigenvalue weighted by Gasteiger charge is 2.17. The summed E-state index contributed by atoms with van der Waals surface area (Å²) in [6.07, 6.45) is 5.04. The van der Waals surface area contributed by atoms with Crippen molar-refractivity contribution in [3.63, 3.8) is 0 Å². The molecule has 1 aliphatic rings. The first-order valence-electron chi connectivity index (χ1n) is 8.73. The van der Waals surface area contributed by atoms with E-state index in [0.717, 1.165) is 42.4 Å². The van der Waals surface area contributed by atoms with Crippen molar-refractivity contribution in [2.24, 2.45) is 0 Å². The van der Waals surface area contributed by atoms with Gasteiger partial charge in [0, 0.05) is 42.7 Å². The maximum atomic E-state index is 12.4. The molecule has 3 rings (SSSR count). The third-order valence-electron chi connectivity index (χ3n) is 4.37. The summed E-state index contributed by atoms with van der Waals surface area (Å²) in [4.78, 5) is 16.8. The largest absolute Gasteiger partial charge is 0.379 e. The van der Waals surface area contributed by atoms with Gasteiger partial charge in [-0.2, -0.15) is 0 Å². The number of thiazole rings is 1. The minimum absolute atomic E-state index is 0.0463. The molecule has 1 amide bonds. The lowest BCUT2D eigenvalue weighted by molar-refractivity contribution is 0.0166. The van der Waals surface area contributed by atoms with Gasteiger partial charge in [0.25, 0.3) is 5.91 Å². The number of aromatic nitrogens is 2. The fourth-order valence-electron chi connectivity index (χ4n) is 3.08. The summed E-state index contributed by atoms with van der Waals surface area (Å²) in [5.74, 6) is -0.0463. The molecule has 3 heterocycles. The number of aryl methyl sites for hydroxylation is 1. The topological polar surface area (TPSA) is 65.4 Å². The minimum atomic E-state index is -0.0463. The van der Waals surface area contributed by atoms with E-state index in [9.17, 15) is 4.79 Å². The van der Waals surface area contributed by atoms with Gasteiger partial charge in [0.2, 0.25) is 0 Å². The molecule has 2 aromatic rings. The van der Waals surface area contributed by atoms with Crippen LogP contribution in [0.25, 0.3) is 5.13 Å². The molecule has 7 heteroatoms. The Kier molecular flexibility index (Phi) is 6.23. The molecule has 136 valence electrons. The van der Waals surface area contributed by atoms with Crippen molar-refractivity contribution in [1.29, 1.82) is 0 Å². The van der Waals surface area contributed by atoms with E-state index in [4.69, 9.17) is 9.47 Å². The number of ether oxygens (including phenoxy) is 2. The second-order valence-corrected chi connectivity index (χ2v) is 7.13. The SMILES string of the molecule is Cc1cc(C(=O)NCCCOCC2CCCO2)c(C)n1-c1nccs1. The van der Waals surface area contributed by atoms with Gasteiger partial charge in [-0.25, -0.2) is 4.98 Å².